The average Bonchev–Trinajstić information content (AvgIpc) is 2.79. The van der Waals surface area contributed by atoms with Gasteiger partial charge in [-0.3, -0.25) is 4.79 Å². The zero-order valence-corrected chi connectivity index (χ0v) is 17.5. The molecule has 2 aliphatic rings. The molecule has 8 nitrogen and oxygen atoms in total. The summed E-state index contributed by atoms with van der Waals surface area (Å²) in [6, 6.07) is 11.6. The monoisotopic (exact) mass is 432 g/mol. The molecule has 0 aliphatic carbocycles. The van der Waals surface area contributed by atoms with Gasteiger partial charge in [0, 0.05) is 30.8 Å². The first-order chi connectivity index (χ1) is 14.5. The van der Waals surface area contributed by atoms with Crippen LogP contribution in [0.15, 0.2) is 47.4 Å². The Labute approximate surface area is 175 Å². The molecule has 160 valence electrons. The van der Waals surface area contributed by atoms with Gasteiger partial charge in [-0.15, -0.1) is 0 Å². The van der Waals surface area contributed by atoms with Gasteiger partial charge in [-0.25, -0.2) is 8.42 Å². The third kappa shape index (κ3) is 4.22. The Morgan fingerprint density at radius 2 is 1.70 bits per heavy atom. The molecule has 2 heterocycles. The quantitative estimate of drug-likeness (QED) is 0.780. The Bertz CT molecular complexity index is 1010. The summed E-state index contributed by atoms with van der Waals surface area (Å²) < 4.78 is 43.2. The zero-order valence-electron chi connectivity index (χ0n) is 16.7. The summed E-state index contributed by atoms with van der Waals surface area (Å²) in [5.41, 5.74) is 0.637. The fourth-order valence-corrected chi connectivity index (χ4v) is 5.09. The van der Waals surface area contributed by atoms with Crippen LogP contribution in [0.2, 0.25) is 0 Å². The first kappa shape index (κ1) is 20.5. The number of hydrogen-bond acceptors (Lipinski definition) is 6. The highest BCUT2D eigenvalue weighted by molar-refractivity contribution is 7.89. The maximum Gasteiger partial charge on any atom is 0.243 e. The van der Waals surface area contributed by atoms with E-state index in [9.17, 15) is 13.2 Å². The molecule has 1 fully saturated rings. The van der Waals surface area contributed by atoms with Crippen LogP contribution in [0, 0.1) is 5.92 Å². The number of benzene rings is 2. The standard InChI is InChI=1S/C21H24N2O6S/c1-27-17-3-5-18(6-4-17)30(25,26)23-10-8-15(9-11-23)21(24)22-16-2-7-19-20(14-16)29-13-12-28-19/h2-7,14-15H,8-13H2,1H3,(H,22,24). The molecule has 2 aromatic carbocycles. The van der Waals surface area contributed by atoms with Crippen molar-refractivity contribution in [3.63, 3.8) is 0 Å². The van der Waals surface area contributed by atoms with Gasteiger partial charge in [0.25, 0.3) is 0 Å². The van der Waals surface area contributed by atoms with Crippen LogP contribution in [-0.2, 0) is 14.8 Å². The summed E-state index contributed by atoms with van der Waals surface area (Å²) >= 11 is 0. The number of hydrogen-bond donors (Lipinski definition) is 1. The van der Waals surface area contributed by atoms with Gasteiger partial charge in [0.15, 0.2) is 11.5 Å². The predicted molar refractivity (Wildman–Crippen MR) is 111 cm³/mol. The smallest absolute Gasteiger partial charge is 0.243 e. The largest absolute Gasteiger partial charge is 0.497 e. The van der Waals surface area contributed by atoms with E-state index < -0.39 is 10.0 Å². The normalized spacial score (nSPS) is 17.4. The van der Waals surface area contributed by atoms with Crippen molar-refractivity contribution in [2.75, 3.05) is 38.7 Å². The maximum atomic E-state index is 12.8. The van der Waals surface area contributed by atoms with Crippen LogP contribution in [-0.4, -0.2) is 52.0 Å². The number of sulfonamides is 1. The number of rotatable bonds is 5. The summed E-state index contributed by atoms with van der Waals surface area (Å²) in [5, 5.41) is 2.90. The van der Waals surface area contributed by atoms with Gasteiger partial charge in [0.1, 0.15) is 19.0 Å². The van der Waals surface area contributed by atoms with Crippen LogP contribution in [0.5, 0.6) is 17.2 Å². The van der Waals surface area contributed by atoms with E-state index in [-0.39, 0.29) is 16.7 Å². The minimum absolute atomic E-state index is 0.117. The lowest BCUT2D eigenvalue weighted by atomic mass is 9.97. The second-order valence-corrected chi connectivity index (χ2v) is 9.14. The lowest BCUT2D eigenvalue weighted by Crippen LogP contribution is -2.41. The lowest BCUT2D eigenvalue weighted by Gasteiger charge is -2.30. The highest BCUT2D eigenvalue weighted by Crippen LogP contribution is 2.33. The number of carbonyl (C=O) groups is 1. The molecule has 0 bridgehead atoms. The van der Waals surface area contributed by atoms with E-state index in [1.54, 1.807) is 30.3 Å². The number of anilines is 1. The number of nitrogens with zero attached hydrogens (tertiary/aromatic N) is 1. The summed E-state index contributed by atoms with van der Waals surface area (Å²) in [7, 11) is -2.06. The van der Waals surface area contributed by atoms with Gasteiger partial charge < -0.3 is 19.5 Å². The molecule has 0 aromatic heterocycles. The molecule has 0 radical (unpaired) electrons. The molecule has 9 heteroatoms. The minimum Gasteiger partial charge on any atom is -0.497 e. The van der Waals surface area contributed by atoms with Crippen LogP contribution in [0.25, 0.3) is 0 Å². The third-order valence-corrected chi connectivity index (χ3v) is 7.24. The molecule has 1 saturated heterocycles. The van der Waals surface area contributed by atoms with Gasteiger partial charge >= 0.3 is 0 Å². The van der Waals surface area contributed by atoms with Gasteiger partial charge in [0.2, 0.25) is 15.9 Å². The van der Waals surface area contributed by atoms with Crippen molar-refractivity contribution >= 4 is 21.6 Å². The van der Waals surface area contributed by atoms with Crippen LogP contribution in [0.1, 0.15) is 12.8 Å². The van der Waals surface area contributed by atoms with E-state index in [1.165, 1.54) is 23.5 Å². The van der Waals surface area contributed by atoms with E-state index >= 15 is 0 Å². The van der Waals surface area contributed by atoms with E-state index in [0.717, 1.165) is 0 Å². The van der Waals surface area contributed by atoms with Gasteiger partial charge in [-0.1, -0.05) is 0 Å². The molecule has 1 N–H and O–H groups in total. The number of methoxy groups -OCH3 is 1. The summed E-state index contributed by atoms with van der Waals surface area (Å²) in [6.45, 7) is 1.59. The Morgan fingerprint density at radius 3 is 2.37 bits per heavy atom. The SMILES string of the molecule is COc1ccc(S(=O)(=O)N2CCC(C(=O)Nc3ccc4c(c3)OCCO4)CC2)cc1. The third-order valence-electron chi connectivity index (χ3n) is 5.33. The number of amides is 1. The second kappa shape index (κ2) is 8.53. The topological polar surface area (TPSA) is 94.2 Å². The van der Waals surface area contributed by atoms with Gasteiger partial charge in [-0.05, 0) is 49.2 Å². The number of fused-ring (bicyclic) bond motifs is 1. The molecule has 30 heavy (non-hydrogen) atoms. The zero-order chi connectivity index (χ0) is 21.1. The van der Waals surface area contributed by atoms with Crippen molar-refractivity contribution in [3.8, 4) is 17.2 Å². The molecule has 0 saturated carbocycles. The van der Waals surface area contributed by atoms with Gasteiger partial charge in [-0.2, -0.15) is 4.31 Å². The first-order valence-electron chi connectivity index (χ1n) is 9.82. The van der Waals surface area contributed by atoms with Gasteiger partial charge in [0.05, 0.1) is 12.0 Å². The fraction of sp³-hybridized carbons (Fsp3) is 0.381. The number of carbonyl (C=O) groups excluding carboxylic acids is 1. The van der Waals surface area contributed by atoms with E-state index in [4.69, 9.17) is 14.2 Å². The van der Waals surface area contributed by atoms with Crippen molar-refractivity contribution in [1.29, 1.82) is 0 Å². The van der Waals surface area contributed by atoms with Crippen molar-refractivity contribution in [3.05, 3.63) is 42.5 Å². The minimum atomic E-state index is -3.59. The Morgan fingerprint density at radius 1 is 1.03 bits per heavy atom. The van der Waals surface area contributed by atoms with Crippen molar-refractivity contribution in [2.45, 2.75) is 17.7 Å². The van der Waals surface area contributed by atoms with Crippen LogP contribution < -0.4 is 19.5 Å². The Hall–Kier alpha value is -2.78. The van der Waals surface area contributed by atoms with Crippen molar-refractivity contribution < 1.29 is 27.4 Å². The van der Waals surface area contributed by atoms with Crippen molar-refractivity contribution in [1.82, 2.24) is 4.31 Å². The molecule has 0 atom stereocenters. The molecular formula is C21H24N2O6S. The molecule has 0 spiro atoms. The second-order valence-electron chi connectivity index (χ2n) is 7.20. The van der Waals surface area contributed by atoms with Crippen LogP contribution in [0.4, 0.5) is 5.69 Å². The average molecular weight is 432 g/mol. The highest BCUT2D eigenvalue weighted by atomic mass is 32.2. The fourth-order valence-electron chi connectivity index (χ4n) is 3.62. The maximum absolute atomic E-state index is 12.8. The summed E-state index contributed by atoms with van der Waals surface area (Å²) in [4.78, 5) is 12.9. The molecule has 1 amide bonds. The van der Waals surface area contributed by atoms with Crippen LogP contribution >= 0.6 is 0 Å². The highest BCUT2D eigenvalue weighted by Gasteiger charge is 2.32. The lowest BCUT2D eigenvalue weighted by molar-refractivity contribution is -0.120. The van der Waals surface area contributed by atoms with E-state index in [0.29, 0.717) is 62.1 Å². The van der Waals surface area contributed by atoms with E-state index in [2.05, 4.69) is 5.32 Å². The summed E-state index contributed by atoms with van der Waals surface area (Å²) in [6.07, 6.45) is 0.928. The molecule has 4 rings (SSSR count). The number of piperidine rings is 1. The molecule has 2 aromatic rings. The number of nitrogens with one attached hydrogen (secondary N) is 1. The molecule has 2 aliphatic heterocycles. The first-order valence-corrected chi connectivity index (χ1v) is 11.3. The predicted octanol–water partition coefficient (Wildman–Crippen LogP) is 2.51. The van der Waals surface area contributed by atoms with E-state index in [1.807, 2.05) is 0 Å². The Kier molecular flexibility index (Phi) is 5.83. The van der Waals surface area contributed by atoms with Crippen molar-refractivity contribution in [2.24, 2.45) is 5.92 Å². The molecule has 0 unspecified atom stereocenters. The van der Waals surface area contributed by atoms with Crippen LogP contribution in [0.3, 0.4) is 0 Å². The molecular weight excluding hydrogens is 408 g/mol. The summed E-state index contributed by atoms with van der Waals surface area (Å²) in [5.74, 6) is 1.51. The Balaban J connectivity index is 1.36. The number of ether oxygens (including phenoxy) is 3.